The Balaban J connectivity index is 1.80. The molecule has 0 aromatic rings. The molecule has 4 heteroatoms. The smallest absolute Gasteiger partial charge is 0.239 e. The van der Waals surface area contributed by atoms with E-state index in [0.29, 0.717) is 11.8 Å². The van der Waals surface area contributed by atoms with Crippen LogP contribution in [-0.2, 0) is 4.79 Å². The summed E-state index contributed by atoms with van der Waals surface area (Å²) in [6, 6.07) is 0.00926. The van der Waals surface area contributed by atoms with E-state index in [4.69, 9.17) is 0 Å². The topological polar surface area (TPSA) is 52.6 Å². The summed E-state index contributed by atoms with van der Waals surface area (Å²) in [7, 11) is 1.87. The van der Waals surface area contributed by atoms with E-state index in [1.807, 2.05) is 11.9 Å². The van der Waals surface area contributed by atoms with Gasteiger partial charge < -0.3 is 15.3 Å². The third kappa shape index (κ3) is 2.38. The lowest BCUT2D eigenvalue weighted by atomic mass is 9.82. The fourth-order valence-corrected chi connectivity index (χ4v) is 2.73. The minimum absolute atomic E-state index is 0.00926. The average Bonchev–Trinajstić information content (AvgIpc) is 2.61. The Bertz CT molecular complexity index is 264. The third-order valence-electron chi connectivity index (χ3n) is 3.92. The normalized spacial score (nSPS) is 38.2. The van der Waals surface area contributed by atoms with Crippen LogP contribution in [-0.4, -0.2) is 48.2 Å². The van der Waals surface area contributed by atoms with Crippen LogP contribution in [0, 0.1) is 11.8 Å². The summed E-state index contributed by atoms with van der Waals surface area (Å²) in [5.41, 5.74) is 0. The standard InChI is InChI=1S/C12H22N2O2/c1-8-3-4-13-11(8)12(16)14(2)7-9-5-10(15)6-9/h8-11,13,15H,3-7H2,1-2H3. The highest BCUT2D eigenvalue weighted by molar-refractivity contribution is 5.82. The van der Waals surface area contributed by atoms with Gasteiger partial charge >= 0.3 is 0 Å². The number of nitrogens with one attached hydrogen (secondary N) is 1. The molecule has 2 fully saturated rings. The Hall–Kier alpha value is -0.610. The van der Waals surface area contributed by atoms with Gasteiger partial charge in [0.2, 0.25) is 5.91 Å². The van der Waals surface area contributed by atoms with Gasteiger partial charge in [-0.2, -0.15) is 0 Å². The Labute approximate surface area is 97.0 Å². The predicted octanol–water partition coefficient (Wildman–Crippen LogP) is 0.214. The number of amides is 1. The zero-order valence-corrected chi connectivity index (χ0v) is 10.1. The molecule has 1 aliphatic heterocycles. The number of carbonyl (C=O) groups excluding carboxylic acids is 1. The van der Waals surface area contributed by atoms with Crippen molar-refractivity contribution >= 4 is 5.91 Å². The number of aliphatic hydroxyl groups excluding tert-OH is 1. The molecule has 1 aliphatic carbocycles. The number of aliphatic hydroxyl groups is 1. The van der Waals surface area contributed by atoms with Crippen molar-refractivity contribution in [2.75, 3.05) is 20.1 Å². The van der Waals surface area contributed by atoms with Crippen molar-refractivity contribution in [3.63, 3.8) is 0 Å². The van der Waals surface area contributed by atoms with Gasteiger partial charge in [0.05, 0.1) is 12.1 Å². The Morgan fingerprint density at radius 3 is 2.69 bits per heavy atom. The Morgan fingerprint density at radius 1 is 1.50 bits per heavy atom. The van der Waals surface area contributed by atoms with Crippen LogP contribution in [0.1, 0.15) is 26.2 Å². The van der Waals surface area contributed by atoms with Crippen molar-refractivity contribution in [2.45, 2.75) is 38.3 Å². The molecule has 1 heterocycles. The first-order valence-electron chi connectivity index (χ1n) is 6.24. The minimum atomic E-state index is -0.128. The van der Waals surface area contributed by atoms with Crippen LogP contribution in [0.5, 0.6) is 0 Å². The molecule has 0 aromatic heterocycles. The van der Waals surface area contributed by atoms with Gasteiger partial charge in [-0.1, -0.05) is 6.92 Å². The number of rotatable bonds is 3. The summed E-state index contributed by atoms with van der Waals surface area (Å²) in [6.45, 7) is 3.87. The van der Waals surface area contributed by atoms with E-state index in [9.17, 15) is 9.90 Å². The molecule has 2 N–H and O–H groups in total. The van der Waals surface area contributed by atoms with Crippen LogP contribution in [0.4, 0.5) is 0 Å². The highest BCUT2D eigenvalue weighted by Gasteiger charge is 2.34. The van der Waals surface area contributed by atoms with Crippen molar-refractivity contribution in [3.8, 4) is 0 Å². The second-order valence-corrected chi connectivity index (χ2v) is 5.41. The van der Waals surface area contributed by atoms with Crippen LogP contribution in [0.25, 0.3) is 0 Å². The summed E-state index contributed by atoms with van der Waals surface area (Å²) in [5, 5.41) is 12.5. The summed E-state index contributed by atoms with van der Waals surface area (Å²) in [5.74, 6) is 1.16. The predicted molar refractivity (Wildman–Crippen MR) is 61.9 cm³/mol. The van der Waals surface area contributed by atoms with Crippen LogP contribution in [0.15, 0.2) is 0 Å². The van der Waals surface area contributed by atoms with Crippen molar-refractivity contribution in [3.05, 3.63) is 0 Å². The van der Waals surface area contributed by atoms with Crippen molar-refractivity contribution in [1.29, 1.82) is 0 Å². The molecule has 2 aliphatic rings. The number of hydrogen-bond acceptors (Lipinski definition) is 3. The zero-order chi connectivity index (χ0) is 11.7. The van der Waals surface area contributed by atoms with Crippen LogP contribution in [0.3, 0.4) is 0 Å². The van der Waals surface area contributed by atoms with E-state index in [1.54, 1.807) is 0 Å². The Morgan fingerprint density at radius 2 is 2.19 bits per heavy atom. The molecular formula is C12H22N2O2. The molecule has 0 spiro atoms. The maximum Gasteiger partial charge on any atom is 0.239 e. The maximum absolute atomic E-state index is 12.1. The second-order valence-electron chi connectivity index (χ2n) is 5.41. The van der Waals surface area contributed by atoms with Gasteiger partial charge in [-0.25, -0.2) is 0 Å². The van der Waals surface area contributed by atoms with E-state index >= 15 is 0 Å². The van der Waals surface area contributed by atoms with Gasteiger partial charge in [0.1, 0.15) is 0 Å². The number of hydrogen-bond donors (Lipinski definition) is 2. The fourth-order valence-electron chi connectivity index (χ4n) is 2.73. The Kier molecular flexibility index (Phi) is 3.50. The second kappa shape index (κ2) is 4.72. The molecule has 0 aromatic carbocycles. The summed E-state index contributed by atoms with van der Waals surface area (Å²) < 4.78 is 0. The van der Waals surface area contributed by atoms with Gasteiger partial charge in [-0.3, -0.25) is 4.79 Å². The largest absolute Gasteiger partial charge is 0.393 e. The lowest BCUT2D eigenvalue weighted by molar-refractivity contribution is -0.134. The molecule has 2 rings (SSSR count). The summed E-state index contributed by atoms with van der Waals surface area (Å²) in [4.78, 5) is 13.9. The molecule has 0 radical (unpaired) electrons. The first kappa shape index (κ1) is 11.9. The molecule has 1 amide bonds. The quantitative estimate of drug-likeness (QED) is 0.723. The molecule has 4 nitrogen and oxygen atoms in total. The average molecular weight is 226 g/mol. The molecule has 2 unspecified atom stereocenters. The lowest BCUT2D eigenvalue weighted by Crippen LogP contribution is -2.47. The highest BCUT2D eigenvalue weighted by atomic mass is 16.3. The van der Waals surface area contributed by atoms with Crippen LogP contribution in [0.2, 0.25) is 0 Å². The minimum Gasteiger partial charge on any atom is -0.393 e. The highest BCUT2D eigenvalue weighted by Crippen LogP contribution is 2.28. The molecule has 16 heavy (non-hydrogen) atoms. The van der Waals surface area contributed by atoms with Gasteiger partial charge in [-0.05, 0) is 37.6 Å². The molecule has 1 saturated heterocycles. The number of carbonyl (C=O) groups is 1. The van der Waals surface area contributed by atoms with Gasteiger partial charge in [-0.15, -0.1) is 0 Å². The van der Waals surface area contributed by atoms with Crippen molar-refractivity contribution in [2.24, 2.45) is 11.8 Å². The first-order valence-corrected chi connectivity index (χ1v) is 6.24. The molecule has 2 atom stereocenters. The molecule has 0 bridgehead atoms. The molecule has 92 valence electrons. The van der Waals surface area contributed by atoms with E-state index in [0.717, 1.165) is 32.4 Å². The SMILES string of the molecule is CC1CCNC1C(=O)N(C)CC1CC(O)C1. The van der Waals surface area contributed by atoms with E-state index in [-0.39, 0.29) is 18.1 Å². The monoisotopic (exact) mass is 226 g/mol. The van der Waals surface area contributed by atoms with E-state index in [1.165, 1.54) is 0 Å². The third-order valence-corrected chi connectivity index (χ3v) is 3.92. The summed E-state index contributed by atoms with van der Waals surface area (Å²) in [6.07, 6.45) is 2.67. The van der Waals surface area contributed by atoms with E-state index in [2.05, 4.69) is 12.2 Å². The molecule has 1 saturated carbocycles. The number of nitrogens with zero attached hydrogens (tertiary/aromatic N) is 1. The number of likely N-dealkylation sites (N-methyl/N-ethyl adjacent to an activating group) is 1. The fraction of sp³-hybridized carbons (Fsp3) is 0.917. The van der Waals surface area contributed by atoms with Gasteiger partial charge in [0, 0.05) is 13.6 Å². The molecular weight excluding hydrogens is 204 g/mol. The summed E-state index contributed by atoms with van der Waals surface area (Å²) >= 11 is 0. The zero-order valence-electron chi connectivity index (χ0n) is 10.1. The van der Waals surface area contributed by atoms with Gasteiger partial charge in [0.15, 0.2) is 0 Å². The van der Waals surface area contributed by atoms with E-state index < -0.39 is 0 Å². The van der Waals surface area contributed by atoms with Crippen LogP contribution < -0.4 is 5.32 Å². The first-order chi connectivity index (χ1) is 7.58. The van der Waals surface area contributed by atoms with Gasteiger partial charge in [0.25, 0.3) is 0 Å². The maximum atomic E-state index is 12.1. The van der Waals surface area contributed by atoms with Crippen molar-refractivity contribution in [1.82, 2.24) is 10.2 Å². The van der Waals surface area contributed by atoms with Crippen molar-refractivity contribution < 1.29 is 9.90 Å². The lowest BCUT2D eigenvalue weighted by Gasteiger charge is -2.35. The van der Waals surface area contributed by atoms with Crippen LogP contribution >= 0.6 is 0 Å².